The van der Waals surface area contributed by atoms with Crippen LogP contribution in [0.3, 0.4) is 0 Å². The van der Waals surface area contributed by atoms with Crippen LogP contribution in [0.5, 0.6) is 0 Å². The highest BCUT2D eigenvalue weighted by Crippen LogP contribution is 2.54. The quantitative estimate of drug-likeness (QED) is 0.547. The molecule has 0 bridgehead atoms. The monoisotopic (exact) mass is 408 g/mol. The maximum atomic E-state index is 12.8. The lowest BCUT2D eigenvalue weighted by Gasteiger charge is -2.46. The van der Waals surface area contributed by atoms with Crippen LogP contribution in [0.25, 0.3) is 0 Å². The molecule has 4 nitrogen and oxygen atoms in total. The normalized spacial score (nSPS) is 36.7. The first-order valence-corrected chi connectivity index (χ1v) is 11.9. The van der Waals surface area contributed by atoms with Crippen LogP contribution in [0, 0.1) is 30.1 Å². The van der Waals surface area contributed by atoms with Gasteiger partial charge in [0.25, 0.3) is 0 Å². The van der Waals surface area contributed by atoms with Crippen molar-refractivity contribution in [3.05, 3.63) is 41.5 Å². The van der Waals surface area contributed by atoms with Crippen molar-refractivity contribution in [1.82, 2.24) is 4.90 Å². The number of allylic oxidation sites excluding steroid dienone is 1. The fraction of sp³-hybridized carbons (Fsp3) is 0.654. The number of hydrogen-bond donors (Lipinski definition) is 0. The Bertz CT molecular complexity index is 841. The SMILES string of the molecule is Cc1cccc(N2CCN(C[C@H]3C(=O)O[C@@H]4C[C@@]5(C)CCC[C@H](C)C5=C[C@H]43)CC2)c1. The molecule has 2 aliphatic heterocycles. The lowest BCUT2D eigenvalue weighted by Crippen LogP contribution is -2.49. The Morgan fingerprint density at radius 3 is 2.77 bits per heavy atom. The molecule has 2 saturated heterocycles. The van der Waals surface area contributed by atoms with Crippen LogP contribution >= 0.6 is 0 Å². The summed E-state index contributed by atoms with van der Waals surface area (Å²) in [6.07, 6.45) is 7.44. The van der Waals surface area contributed by atoms with Crippen LogP contribution in [-0.2, 0) is 9.53 Å². The van der Waals surface area contributed by atoms with Crippen molar-refractivity contribution in [1.29, 1.82) is 0 Å². The first-order valence-electron chi connectivity index (χ1n) is 11.9. The Labute approximate surface area is 181 Å². The third kappa shape index (κ3) is 3.57. The van der Waals surface area contributed by atoms with Gasteiger partial charge in [0.15, 0.2) is 0 Å². The number of carbonyl (C=O) groups excluding carboxylic acids is 1. The van der Waals surface area contributed by atoms with Gasteiger partial charge >= 0.3 is 5.97 Å². The van der Waals surface area contributed by atoms with E-state index in [-0.39, 0.29) is 29.3 Å². The zero-order valence-corrected chi connectivity index (χ0v) is 18.8. The summed E-state index contributed by atoms with van der Waals surface area (Å²) in [4.78, 5) is 17.8. The molecule has 0 amide bonds. The van der Waals surface area contributed by atoms with Gasteiger partial charge in [-0.15, -0.1) is 0 Å². The maximum Gasteiger partial charge on any atom is 0.311 e. The van der Waals surface area contributed by atoms with E-state index < -0.39 is 0 Å². The van der Waals surface area contributed by atoms with Gasteiger partial charge in [0, 0.05) is 44.3 Å². The molecule has 2 heterocycles. The molecule has 5 rings (SSSR count). The van der Waals surface area contributed by atoms with Crippen molar-refractivity contribution < 1.29 is 9.53 Å². The van der Waals surface area contributed by atoms with Crippen molar-refractivity contribution in [3.8, 4) is 0 Å². The Morgan fingerprint density at radius 1 is 1.20 bits per heavy atom. The molecule has 1 saturated carbocycles. The summed E-state index contributed by atoms with van der Waals surface area (Å²) in [6.45, 7) is 11.8. The molecule has 1 aromatic rings. The summed E-state index contributed by atoms with van der Waals surface area (Å²) in [7, 11) is 0. The van der Waals surface area contributed by atoms with Gasteiger partial charge in [-0.25, -0.2) is 0 Å². The number of carbonyl (C=O) groups is 1. The highest BCUT2D eigenvalue weighted by Gasteiger charge is 2.52. The summed E-state index contributed by atoms with van der Waals surface area (Å²) in [5, 5.41) is 0. The molecule has 5 atom stereocenters. The van der Waals surface area contributed by atoms with Crippen molar-refractivity contribution in [2.45, 2.75) is 52.6 Å². The van der Waals surface area contributed by atoms with Gasteiger partial charge in [0.1, 0.15) is 6.10 Å². The van der Waals surface area contributed by atoms with E-state index in [1.54, 1.807) is 5.57 Å². The number of nitrogens with zero attached hydrogens (tertiary/aromatic N) is 2. The largest absolute Gasteiger partial charge is 0.461 e. The average molecular weight is 409 g/mol. The van der Waals surface area contributed by atoms with Gasteiger partial charge in [-0.05, 0) is 55.2 Å². The van der Waals surface area contributed by atoms with Crippen LogP contribution in [0.4, 0.5) is 5.69 Å². The molecule has 2 aliphatic carbocycles. The Kier molecular flexibility index (Phi) is 5.17. The predicted molar refractivity (Wildman–Crippen MR) is 121 cm³/mol. The maximum absolute atomic E-state index is 12.8. The molecule has 0 aromatic heterocycles. The number of aryl methyl sites for hydroxylation is 1. The third-order valence-electron chi connectivity index (χ3n) is 8.28. The minimum Gasteiger partial charge on any atom is -0.461 e. The highest BCUT2D eigenvalue weighted by molar-refractivity contribution is 5.76. The van der Waals surface area contributed by atoms with E-state index in [4.69, 9.17) is 4.74 Å². The van der Waals surface area contributed by atoms with Crippen LogP contribution in [0.15, 0.2) is 35.9 Å². The number of esters is 1. The second kappa shape index (κ2) is 7.71. The number of fused-ring (bicyclic) bond motifs is 2. The van der Waals surface area contributed by atoms with Crippen molar-refractivity contribution in [2.75, 3.05) is 37.6 Å². The fourth-order valence-corrected chi connectivity index (χ4v) is 6.55. The zero-order chi connectivity index (χ0) is 20.9. The molecule has 4 heteroatoms. The standard InChI is InChI=1S/C26H36N2O2/c1-18-6-4-8-20(14-18)28-12-10-27(11-13-28)17-22-21-15-23-19(2)7-5-9-26(23,3)16-24(21)30-25(22)29/h4,6,8,14-15,19,21-22,24H,5,7,9-13,16-17H2,1-3H3/t19-,21-,22+,24+,26+/m0/s1. The van der Waals surface area contributed by atoms with E-state index in [1.165, 1.54) is 30.5 Å². The molecule has 0 radical (unpaired) electrons. The predicted octanol–water partition coefficient (Wildman–Crippen LogP) is 4.43. The minimum atomic E-state index is 0.00620. The molecular formula is C26H36N2O2. The molecule has 0 N–H and O–H groups in total. The summed E-state index contributed by atoms with van der Waals surface area (Å²) < 4.78 is 5.95. The number of anilines is 1. The van der Waals surface area contributed by atoms with Crippen LogP contribution < -0.4 is 4.90 Å². The van der Waals surface area contributed by atoms with Gasteiger partial charge in [-0.3, -0.25) is 9.69 Å². The van der Waals surface area contributed by atoms with Crippen molar-refractivity contribution >= 4 is 11.7 Å². The molecule has 1 aromatic carbocycles. The Balaban J connectivity index is 1.26. The van der Waals surface area contributed by atoms with E-state index in [0.29, 0.717) is 5.92 Å². The molecule has 30 heavy (non-hydrogen) atoms. The molecule has 0 spiro atoms. The fourth-order valence-electron chi connectivity index (χ4n) is 6.55. The summed E-state index contributed by atoms with van der Waals surface area (Å²) in [5.74, 6) is 0.972. The van der Waals surface area contributed by atoms with Crippen LogP contribution in [0.1, 0.15) is 45.1 Å². The minimum absolute atomic E-state index is 0.00620. The van der Waals surface area contributed by atoms with E-state index >= 15 is 0 Å². The van der Waals surface area contributed by atoms with Gasteiger partial charge in [-0.2, -0.15) is 0 Å². The van der Waals surface area contributed by atoms with E-state index in [9.17, 15) is 4.79 Å². The number of benzene rings is 1. The van der Waals surface area contributed by atoms with Gasteiger partial charge in [0.2, 0.25) is 0 Å². The first-order chi connectivity index (χ1) is 14.4. The lowest BCUT2D eigenvalue weighted by atomic mass is 9.59. The van der Waals surface area contributed by atoms with Gasteiger partial charge < -0.3 is 9.64 Å². The Hall–Kier alpha value is -1.81. The molecule has 4 aliphatic rings. The zero-order valence-electron chi connectivity index (χ0n) is 18.8. The summed E-state index contributed by atoms with van der Waals surface area (Å²) >= 11 is 0. The number of rotatable bonds is 3. The number of hydrogen-bond acceptors (Lipinski definition) is 4. The second-order valence-corrected chi connectivity index (χ2v) is 10.5. The van der Waals surface area contributed by atoms with Crippen molar-refractivity contribution in [2.24, 2.45) is 23.2 Å². The number of piperazine rings is 1. The summed E-state index contributed by atoms with van der Waals surface area (Å²) in [5.41, 5.74) is 4.48. The number of ether oxygens (including phenoxy) is 1. The molecule has 0 unspecified atom stereocenters. The van der Waals surface area contributed by atoms with Gasteiger partial charge in [0.05, 0.1) is 5.92 Å². The molecular weight excluding hydrogens is 372 g/mol. The van der Waals surface area contributed by atoms with Crippen molar-refractivity contribution in [3.63, 3.8) is 0 Å². The lowest BCUT2D eigenvalue weighted by molar-refractivity contribution is -0.145. The van der Waals surface area contributed by atoms with Crippen LogP contribution in [0.2, 0.25) is 0 Å². The molecule has 3 fully saturated rings. The van der Waals surface area contributed by atoms with Crippen LogP contribution in [-0.4, -0.2) is 49.7 Å². The first kappa shape index (κ1) is 20.1. The highest BCUT2D eigenvalue weighted by atomic mass is 16.6. The third-order valence-corrected chi connectivity index (χ3v) is 8.28. The topological polar surface area (TPSA) is 32.8 Å². The average Bonchev–Trinajstić information content (AvgIpc) is 3.01. The Morgan fingerprint density at radius 2 is 2.00 bits per heavy atom. The smallest absolute Gasteiger partial charge is 0.311 e. The van der Waals surface area contributed by atoms with E-state index in [0.717, 1.165) is 39.1 Å². The molecule has 162 valence electrons. The summed E-state index contributed by atoms with van der Waals surface area (Å²) in [6, 6.07) is 8.77. The van der Waals surface area contributed by atoms with E-state index in [1.807, 2.05) is 0 Å². The van der Waals surface area contributed by atoms with Gasteiger partial charge in [-0.1, -0.05) is 44.1 Å². The van der Waals surface area contributed by atoms with E-state index in [2.05, 4.69) is 60.9 Å². The second-order valence-electron chi connectivity index (χ2n) is 10.5.